The van der Waals surface area contributed by atoms with Crippen molar-refractivity contribution < 1.29 is 9.50 Å². The molecule has 0 aromatic heterocycles. The van der Waals surface area contributed by atoms with Gasteiger partial charge in [-0.3, -0.25) is 0 Å². The summed E-state index contributed by atoms with van der Waals surface area (Å²) < 4.78 is 13.1. The molecular weight excluding hydrogens is 231 g/mol. The fourth-order valence-corrected chi connectivity index (χ4v) is 2.68. The van der Waals surface area contributed by atoms with Gasteiger partial charge >= 0.3 is 0 Å². The second-order valence-corrected chi connectivity index (χ2v) is 5.09. The van der Waals surface area contributed by atoms with Crippen molar-refractivity contribution in [3.63, 3.8) is 0 Å². The Morgan fingerprint density at radius 1 is 1.50 bits per heavy atom. The van der Waals surface area contributed by atoms with Crippen LogP contribution in [-0.4, -0.2) is 43.2 Å². The molecule has 1 fully saturated rings. The fraction of sp³-hybridized carbons (Fsp3) is 0.571. The molecule has 3 nitrogen and oxygen atoms in total. The number of rotatable bonds is 4. The van der Waals surface area contributed by atoms with Crippen LogP contribution in [0.1, 0.15) is 18.4 Å². The van der Waals surface area contributed by atoms with Crippen LogP contribution in [0, 0.1) is 5.82 Å². The van der Waals surface area contributed by atoms with Crippen molar-refractivity contribution in [1.29, 1.82) is 0 Å². The first-order chi connectivity index (χ1) is 8.61. The zero-order valence-electron chi connectivity index (χ0n) is 11.1. The quantitative estimate of drug-likeness (QED) is 0.886. The number of hydrogen-bond donors (Lipinski definition) is 1. The van der Waals surface area contributed by atoms with Gasteiger partial charge in [0, 0.05) is 30.9 Å². The first-order valence-corrected chi connectivity index (χ1v) is 6.42. The van der Waals surface area contributed by atoms with Gasteiger partial charge in [0.05, 0.1) is 6.61 Å². The second kappa shape index (κ2) is 5.67. The lowest BCUT2D eigenvalue weighted by atomic mass is 10.1. The Kier molecular flexibility index (Phi) is 4.19. The van der Waals surface area contributed by atoms with E-state index in [0.717, 1.165) is 18.8 Å². The smallest absolute Gasteiger partial charge is 0.123 e. The monoisotopic (exact) mass is 252 g/mol. The summed E-state index contributed by atoms with van der Waals surface area (Å²) in [5, 5.41) is 9.30. The maximum Gasteiger partial charge on any atom is 0.123 e. The van der Waals surface area contributed by atoms with Gasteiger partial charge in [-0.25, -0.2) is 4.39 Å². The van der Waals surface area contributed by atoms with Crippen LogP contribution < -0.4 is 4.90 Å². The third-order valence-corrected chi connectivity index (χ3v) is 3.78. The molecule has 18 heavy (non-hydrogen) atoms. The Hall–Kier alpha value is -1.13. The van der Waals surface area contributed by atoms with Gasteiger partial charge in [0.25, 0.3) is 0 Å². The molecule has 0 bridgehead atoms. The topological polar surface area (TPSA) is 26.7 Å². The van der Waals surface area contributed by atoms with Crippen molar-refractivity contribution in [3.05, 3.63) is 29.6 Å². The Balaban J connectivity index is 2.10. The zero-order chi connectivity index (χ0) is 13.1. The second-order valence-electron chi connectivity index (χ2n) is 5.09. The van der Waals surface area contributed by atoms with Crippen LogP contribution in [0.3, 0.4) is 0 Å². The van der Waals surface area contributed by atoms with Crippen LogP contribution in [-0.2, 0) is 6.61 Å². The van der Waals surface area contributed by atoms with Crippen LogP contribution in [0.4, 0.5) is 10.1 Å². The average Bonchev–Trinajstić information content (AvgIpc) is 2.74. The average molecular weight is 252 g/mol. The van der Waals surface area contributed by atoms with E-state index >= 15 is 0 Å². The Morgan fingerprint density at radius 2 is 2.28 bits per heavy atom. The first-order valence-electron chi connectivity index (χ1n) is 6.42. The van der Waals surface area contributed by atoms with Crippen LogP contribution >= 0.6 is 0 Å². The van der Waals surface area contributed by atoms with Crippen LogP contribution in [0.5, 0.6) is 0 Å². The SMILES string of the molecule is CN(CC1CCCN1C)c1ccc(F)cc1CO. The molecule has 1 aliphatic rings. The highest BCUT2D eigenvalue weighted by Gasteiger charge is 2.22. The van der Waals surface area contributed by atoms with Gasteiger partial charge in [-0.1, -0.05) is 0 Å². The lowest BCUT2D eigenvalue weighted by Crippen LogP contribution is -2.37. The lowest BCUT2D eigenvalue weighted by molar-refractivity contribution is 0.280. The Morgan fingerprint density at radius 3 is 2.89 bits per heavy atom. The molecule has 0 amide bonds. The molecule has 100 valence electrons. The molecule has 0 radical (unpaired) electrons. The maximum atomic E-state index is 13.1. The van der Waals surface area contributed by atoms with E-state index < -0.39 is 0 Å². The summed E-state index contributed by atoms with van der Waals surface area (Å²) in [7, 11) is 4.14. The van der Waals surface area contributed by atoms with Crippen LogP contribution in [0.2, 0.25) is 0 Å². The number of benzene rings is 1. The van der Waals surface area contributed by atoms with Crippen molar-refractivity contribution in [2.45, 2.75) is 25.5 Å². The highest BCUT2D eigenvalue weighted by molar-refractivity contribution is 5.53. The molecule has 0 spiro atoms. The van der Waals surface area contributed by atoms with Gasteiger partial charge in [0.1, 0.15) is 5.82 Å². The Bertz CT molecular complexity index is 411. The van der Waals surface area contributed by atoms with Gasteiger partial charge in [-0.15, -0.1) is 0 Å². The summed E-state index contributed by atoms with van der Waals surface area (Å²) >= 11 is 0. The molecular formula is C14H21FN2O. The van der Waals surface area contributed by atoms with Crippen molar-refractivity contribution in [1.82, 2.24) is 4.90 Å². The molecule has 4 heteroatoms. The molecule has 1 unspecified atom stereocenters. The molecule has 2 rings (SSSR count). The summed E-state index contributed by atoms with van der Waals surface area (Å²) in [4.78, 5) is 4.47. The van der Waals surface area contributed by atoms with Crippen molar-refractivity contribution in [2.24, 2.45) is 0 Å². The standard InChI is InChI=1S/C14H21FN2O/c1-16-7-3-4-13(16)9-17(2)14-6-5-12(15)8-11(14)10-18/h5-6,8,13,18H,3-4,7,9-10H2,1-2H3. The molecule has 1 atom stereocenters. The summed E-state index contributed by atoms with van der Waals surface area (Å²) in [6.07, 6.45) is 2.45. The van der Waals surface area contributed by atoms with Gasteiger partial charge in [0.15, 0.2) is 0 Å². The molecule has 1 N–H and O–H groups in total. The largest absolute Gasteiger partial charge is 0.392 e. The van der Waals surface area contributed by atoms with E-state index in [0.29, 0.717) is 11.6 Å². The summed E-state index contributed by atoms with van der Waals surface area (Å²) in [6, 6.07) is 5.15. The number of aliphatic hydroxyl groups excluding tert-OH is 1. The minimum Gasteiger partial charge on any atom is -0.392 e. The number of nitrogens with zero attached hydrogens (tertiary/aromatic N) is 2. The van der Waals surface area contributed by atoms with E-state index in [1.165, 1.54) is 25.0 Å². The summed E-state index contributed by atoms with van der Waals surface area (Å²) in [6.45, 7) is 1.93. The maximum absolute atomic E-state index is 13.1. The molecule has 0 aliphatic carbocycles. The van der Waals surface area contributed by atoms with Crippen LogP contribution in [0.15, 0.2) is 18.2 Å². The number of hydrogen-bond acceptors (Lipinski definition) is 3. The highest BCUT2D eigenvalue weighted by Crippen LogP contribution is 2.23. The molecule has 0 saturated carbocycles. The third-order valence-electron chi connectivity index (χ3n) is 3.78. The first kappa shape index (κ1) is 13.3. The normalized spacial score (nSPS) is 20.3. The van der Waals surface area contributed by atoms with Crippen molar-refractivity contribution >= 4 is 5.69 Å². The van der Waals surface area contributed by atoms with E-state index in [4.69, 9.17) is 0 Å². The van der Waals surface area contributed by atoms with Crippen molar-refractivity contribution in [3.8, 4) is 0 Å². The van der Waals surface area contributed by atoms with E-state index in [9.17, 15) is 9.50 Å². The van der Waals surface area contributed by atoms with Crippen molar-refractivity contribution in [2.75, 3.05) is 32.1 Å². The van der Waals surface area contributed by atoms with E-state index in [1.807, 2.05) is 7.05 Å². The van der Waals surface area contributed by atoms with E-state index in [-0.39, 0.29) is 12.4 Å². The predicted molar refractivity (Wildman–Crippen MR) is 71.2 cm³/mol. The number of aliphatic hydroxyl groups is 1. The van der Waals surface area contributed by atoms with E-state index in [1.54, 1.807) is 6.07 Å². The van der Waals surface area contributed by atoms with Gasteiger partial charge in [-0.2, -0.15) is 0 Å². The number of halogens is 1. The predicted octanol–water partition coefficient (Wildman–Crippen LogP) is 1.85. The minimum absolute atomic E-state index is 0.127. The minimum atomic E-state index is -0.297. The fourth-order valence-electron chi connectivity index (χ4n) is 2.68. The molecule has 1 heterocycles. The van der Waals surface area contributed by atoms with Gasteiger partial charge in [-0.05, 0) is 44.6 Å². The zero-order valence-corrected chi connectivity index (χ0v) is 11.1. The third kappa shape index (κ3) is 2.82. The van der Waals surface area contributed by atoms with E-state index in [2.05, 4.69) is 16.8 Å². The number of likely N-dealkylation sites (N-methyl/N-ethyl adjacent to an activating group) is 2. The van der Waals surface area contributed by atoms with Crippen LogP contribution in [0.25, 0.3) is 0 Å². The highest BCUT2D eigenvalue weighted by atomic mass is 19.1. The molecule has 1 saturated heterocycles. The summed E-state index contributed by atoms with van der Waals surface area (Å²) in [5.41, 5.74) is 1.57. The molecule has 1 aromatic rings. The Labute approximate surface area is 108 Å². The number of anilines is 1. The van der Waals surface area contributed by atoms with Gasteiger partial charge in [0.2, 0.25) is 0 Å². The van der Waals surface area contributed by atoms with Gasteiger partial charge < -0.3 is 14.9 Å². The molecule has 1 aromatic carbocycles. The lowest BCUT2D eigenvalue weighted by Gasteiger charge is -2.28. The summed E-state index contributed by atoms with van der Waals surface area (Å²) in [5.74, 6) is -0.297. The number of likely N-dealkylation sites (tertiary alicyclic amines) is 1. The molecule has 1 aliphatic heterocycles.